The van der Waals surface area contributed by atoms with Crippen LogP contribution in [0.3, 0.4) is 0 Å². The molecular formula is C15H21N5O2S. The Labute approximate surface area is 138 Å². The Morgan fingerprint density at radius 1 is 1.57 bits per heavy atom. The van der Waals surface area contributed by atoms with Crippen molar-refractivity contribution in [3.8, 4) is 0 Å². The molecule has 3 N–H and O–H groups in total. The lowest BCUT2D eigenvalue weighted by molar-refractivity contribution is 0.172. The molecule has 2 aromatic rings. The minimum absolute atomic E-state index is 0.134. The first-order chi connectivity index (χ1) is 11.0. The number of carbonyl (C=O) groups is 1. The maximum Gasteiger partial charge on any atom is 0.315 e. The Morgan fingerprint density at radius 2 is 2.35 bits per heavy atom. The Morgan fingerprint density at radius 3 is 3.00 bits per heavy atom. The fourth-order valence-corrected chi connectivity index (χ4v) is 3.34. The third-order valence-corrected chi connectivity index (χ3v) is 4.85. The summed E-state index contributed by atoms with van der Waals surface area (Å²) in [6, 6.07) is -0.476. The summed E-state index contributed by atoms with van der Waals surface area (Å²) in [6.45, 7) is 2.04. The van der Waals surface area contributed by atoms with Gasteiger partial charge in [-0.2, -0.15) is 5.10 Å². The van der Waals surface area contributed by atoms with E-state index in [9.17, 15) is 9.90 Å². The number of amides is 2. The summed E-state index contributed by atoms with van der Waals surface area (Å²) in [5.74, 6) is 0.629. The third kappa shape index (κ3) is 4.08. The van der Waals surface area contributed by atoms with Gasteiger partial charge in [0.15, 0.2) is 0 Å². The molecule has 0 spiro atoms. The smallest absolute Gasteiger partial charge is 0.315 e. The fourth-order valence-electron chi connectivity index (χ4n) is 2.26. The van der Waals surface area contributed by atoms with Gasteiger partial charge >= 0.3 is 6.03 Å². The number of nitrogens with zero attached hydrogens (tertiary/aromatic N) is 3. The summed E-state index contributed by atoms with van der Waals surface area (Å²) in [5.41, 5.74) is 1.56. The molecule has 1 aliphatic rings. The van der Waals surface area contributed by atoms with E-state index in [1.165, 1.54) is 17.8 Å². The third-order valence-electron chi connectivity index (χ3n) is 3.82. The van der Waals surface area contributed by atoms with Crippen LogP contribution < -0.4 is 10.6 Å². The summed E-state index contributed by atoms with van der Waals surface area (Å²) < 4.78 is 1.61. The molecule has 0 saturated heterocycles. The number of aryl methyl sites for hydroxylation is 1. The van der Waals surface area contributed by atoms with E-state index in [-0.39, 0.29) is 18.6 Å². The zero-order valence-corrected chi connectivity index (χ0v) is 14.0. The van der Waals surface area contributed by atoms with Gasteiger partial charge in [0.05, 0.1) is 29.0 Å². The van der Waals surface area contributed by atoms with Crippen LogP contribution in [-0.4, -0.2) is 32.4 Å². The van der Waals surface area contributed by atoms with E-state index in [1.807, 2.05) is 12.3 Å². The molecule has 0 aromatic carbocycles. The molecule has 23 heavy (non-hydrogen) atoms. The number of nitrogens with one attached hydrogen (secondary N) is 2. The minimum atomic E-state index is -0.773. The van der Waals surface area contributed by atoms with Crippen LogP contribution >= 0.6 is 11.3 Å². The highest BCUT2D eigenvalue weighted by atomic mass is 32.1. The highest BCUT2D eigenvalue weighted by Gasteiger charge is 2.27. The topological polar surface area (TPSA) is 92.1 Å². The number of carbonyl (C=O) groups excluding carboxylic acids is 1. The maximum atomic E-state index is 11.9. The first-order valence-electron chi connectivity index (χ1n) is 7.69. The SMILES string of the molecule is C[C@@H](NC(=O)NC[C@@H](O)c1cnn(C)c1)c1csc(C2CC2)n1. The molecule has 2 aromatic heterocycles. The van der Waals surface area contributed by atoms with E-state index >= 15 is 0 Å². The number of rotatable bonds is 6. The van der Waals surface area contributed by atoms with Crippen molar-refractivity contribution in [2.75, 3.05) is 6.54 Å². The van der Waals surface area contributed by atoms with Crippen molar-refractivity contribution in [3.05, 3.63) is 34.0 Å². The molecule has 1 fully saturated rings. The van der Waals surface area contributed by atoms with Crippen LogP contribution in [0.5, 0.6) is 0 Å². The van der Waals surface area contributed by atoms with Gasteiger partial charge in [0.25, 0.3) is 0 Å². The molecule has 0 radical (unpaired) electrons. The van der Waals surface area contributed by atoms with Crippen LogP contribution in [0.1, 0.15) is 54.1 Å². The number of hydrogen-bond donors (Lipinski definition) is 3. The highest BCUT2D eigenvalue weighted by Crippen LogP contribution is 2.41. The van der Waals surface area contributed by atoms with Crippen molar-refractivity contribution < 1.29 is 9.90 Å². The van der Waals surface area contributed by atoms with Crippen LogP contribution in [-0.2, 0) is 7.05 Å². The lowest BCUT2D eigenvalue weighted by Crippen LogP contribution is -2.39. The van der Waals surface area contributed by atoms with Gasteiger partial charge in [-0.3, -0.25) is 4.68 Å². The number of aliphatic hydroxyl groups is 1. The van der Waals surface area contributed by atoms with Gasteiger partial charge in [-0.1, -0.05) is 0 Å². The molecule has 8 heteroatoms. The second-order valence-electron chi connectivity index (χ2n) is 5.92. The second kappa shape index (κ2) is 6.67. The van der Waals surface area contributed by atoms with Crippen LogP contribution in [0.4, 0.5) is 4.79 Å². The number of aromatic nitrogens is 3. The molecule has 124 valence electrons. The van der Waals surface area contributed by atoms with E-state index in [0.717, 1.165) is 5.69 Å². The van der Waals surface area contributed by atoms with Gasteiger partial charge in [0, 0.05) is 36.7 Å². The van der Waals surface area contributed by atoms with E-state index < -0.39 is 6.10 Å². The standard InChI is InChI=1S/C15H21N5O2S/c1-9(12-8-23-14(19-12)10-3-4-10)18-15(22)16-6-13(21)11-5-17-20(2)7-11/h5,7-10,13,21H,3-4,6H2,1-2H3,(H2,16,18,22)/t9-,13-/m1/s1. The average Bonchev–Trinajstić information content (AvgIpc) is 3.08. The number of thiazole rings is 1. The van der Waals surface area contributed by atoms with Gasteiger partial charge in [0.1, 0.15) is 0 Å². The number of hydrogen-bond acceptors (Lipinski definition) is 5. The number of aliphatic hydroxyl groups excluding tert-OH is 1. The normalized spacial score (nSPS) is 16.8. The van der Waals surface area contributed by atoms with Crippen molar-refractivity contribution >= 4 is 17.4 Å². The van der Waals surface area contributed by atoms with Crippen molar-refractivity contribution in [3.63, 3.8) is 0 Å². The van der Waals surface area contributed by atoms with E-state index in [4.69, 9.17) is 0 Å². The lowest BCUT2D eigenvalue weighted by Gasteiger charge is -2.14. The molecule has 0 bridgehead atoms. The molecule has 1 aliphatic carbocycles. The first kappa shape index (κ1) is 15.9. The Kier molecular flexibility index (Phi) is 4.63. The van der Waals surface area contributed by atoms with Gasteiger partial charge < -0.3 is 15.7 Å². The van der Waals surface area contributed by atoms with Gasteiger partial charge in [0.2, 0.25) is 0 Å². The van der Waals surface area contributed by atoms with Crippen molar-refractivity contribution in [2.24, 2.45) is 7.05 Å². The van der Waals surface area contributed by atoms with Gasteiger partial charge in [-0.05, 0) is 19.8 Å². The van der Waals surface area contributed by atoms with Crippen LogP contribution in [0.15, 0.2) is 17.8 Å². The summed E-state index contributed by atoms with van der Waals surface area (Å²) in [7, 11) is 1.78. The fraction of sp³-hybridized carbons (Fsp3) is 0.533. The zero-order valence-electron chi connectivity index (χ0n) is 13.2. The van der Waals surface area contributed by atoms with E-state index in [2.05, 4.69) is 20.7 Å². The quantitative estimate of drug-likeness (QED) is 0.751. The number of urea groups is 1. The van der Waals surface area contributed by atoms with Crippen molar-refractivity contribution in [1.29, 1.82) is 0 Å². The van der Waals surface area contributed by atoms with Crippen LogP contribution in [0.25, 0.3) is 0 Å². The molecule has 1 saturated carbocycles. The predicted molar refractivity (Wildman–Crippen MR) is 87.2 cm³/mol. The summed E-state index contributed by atoms with van der Waals surface area (Å²) >= 11 is 1.66. The van der Waals surface area contributed by atoms with Gasteiger partial charge in [-0.25, -0.2) is 9.78 Å². The molecule has 7 nitrogen and oxygen atoms in total. The second-order valence-corrected chi connectivity index (χ2v) is 6.81. The molecule has 2 amide bonds. The predicted octanol–water partition coefficient (Wildman–Crippen LogP) is 1.85. The molecule has 3 rings (SSSR count). The summed E-state index contributed by atoms with van der Waals surface area (Å²) in [4.78, 5) is 16.5. The van der Waals surface area contributed by atoms with E-state index in [1.54, 1.807) is 35.5 Å². The van der Waals surface area contributed by atoms with Crippen LogP contribution in [0, 0.1) is 0 Å². The molecular weight excluding hydrogens is 314 g/mol. The molecule has 2 atom stereocenters. The molecule has 2 heterocycles. The highest BCUT2D eigenvalue weighted by molar-refractivity contribution is 7.09. The minimum Gasteiger partial charge on any atom is -0.386 e. The molecule has 0 unspecified atom stereocenters. The average molecular weight is 335 g/mol. The monoisotopic (exact) mass is 335 g/mol. The maximum absolute atomic E-state index is 11.9. The van der Waals surface area contributed by atoms with Crippen LogP contribution in [0.2, 0.25) is 0 Å². The van der Waals surface area contributed by atoms with Crippen molar-refractivity contribution in [2.45, 2.75) is 37.8 Å². The Hall–Kier alpha value is -1.93. The summed E-state index contributed by atoms with van der Waals surface area (Å²) in [6.07, 6.45) is 4.98. The summed E-state index contributed by atoms with van der Waals surface area (Å²) in [5, 5.41) is 22.7. The zero-order chi connectivity index (χ0) is 16.4. The van der Waals surface area contributed by atoms with E-state index in [0.29, 0.717) is 11.5 Å². The Bertz CT molecular complexity index is 679. The molecule has 0 aliphatic heterocycles. The van der Waals surface area contributed by atoms with Crippen molar-refractivity contribution in [1.82, 2.24) is 25.4 Å². The Balaban J connectivity index is 1.46. The first-order valence-corrected chi connectivity index (χ1v) is 8.57. The van der Waals surface area contributed by atoms with Gasteiger partial charge in [-0.15, -0.1) is 11.3 Å². The lowest BCUT2D eigenvalue weighted by atomic mass is 10.2. The largest absolute Gasteiger partial charge is 0.386 e.